The van der Waals surface area contributed by atoms with Gasteiger partial charge in [-0.1, -0.05) is 41.7 Å². The molecule has 2 aromatic carbocycles. The third-order valence-corrected chi connectivity index (χ3v) is 6.23. The smallest absolute Gasteiger partial charge is 0.246 e. The number of anilines is 1. The number of carbonyl (C=O) groups excluding carboxylic acids is 2. The normalized spacial score (nSPS) is 14.8. The molecule has 0 atom stereocenters. The maximum absolute atomic E-state index is 12.7. The van der Waals surface area contributed by atoms with E-state index in [9.17, 15) is 9.59 Å². The average molecular weight is 436 g/mol. The summed E-state index contributed by atoms with van der Waals surface area (Å²) in [6.45, 7) is 3.71. The number of likely N-dealkylation sites (tertiary alicyclic amines) is 1. The van der Waals surface area contributed by atoms with Crippen LogP contribution in [-0.4, -0.2) is 41.4 Å². The van der Waals surface area contributed by atoms with E-state index in [0.29, 0.717) is 37.7 Å². The molecule has 0 saturated carbocycles. The van der Waals surface area contributed by atoms with Gasteiger partial charge in [-0.2, -0.15) is 0 Å². The highest BCUT2D eigenvalue weighted by atomic mass is 32.1. The van der Waals surface area contributed by atoms with E-state index >= 15 is 0 Å². The second-order valence-corrected chi connectivity index (χ2v) is 8.45. The molecule has 0 bridgehead atoms. The molecule has 1 fully saturated rings. The van der Waals surface area contributed by atoms with E-state index in [4.69, 9.17) is 4.74 Å². The van der Waals surface area contributed by atoms with Gasteiger partial charge >= 0.3 is 0 Å². The van der Waals surface area contributed by atoms with E-state index in [2.05, 4.69) is 10.3 Å². The number of nitrogens with one attached hydrogen (secondary N) is 1. The Morgan fingerprint density at radius 3 is 2.71 bits per heavy atom. The lowest BCUT2D eigenvalue weighted by atomic mass is 9.96. The molecule has 3 aromatic rings. The van der Waals surface area contributed by atoms with E-state index in [1.807, 2.05) is 61.5 Å². The van der Waals surface area contributed by atoms with E-state index in [1.54, 1.807) is 11.0 Å². The molecule has 0 radical (unpaired) electrons. The number of benzene rings is 2. The number of hydrogen-bond donors (Lipinski definition) is 1. The highest BCUT2D eigenvalue weighted by Gasteiger charge is 2.27. The molecule has 1 aliphatic rings. The second-order valence-electron chi connectivity index (χ2n) is 7.41. The van der Waals surface area contributed by atoms with Crippen molar-refractivity contribution in [1.29, 1.82) is 0 Å². The summed E-state index contributed by atoms with van der Waals surface area (Å²) < 4.78 is 6.50. The van der Waals surface area contributed by atoms with Crippen LogP contribution in [0.4, 0.5) is 5.13 Å². The molecule has 6 nitrogen and oxygen atoms in total. The molecular weight excluding hydrogens is 410 g/mol. The topological polar surface area (TPSA) is 71.5 Å². The standard InChI is InChI=1S/C24H25N3O3S/c1-2-30-19-9-10-20-21(16-19)31-24(25-20)26-23(29)18-12-14-27(15-13-18)22(28)11-8-17-6-4-3-5-7-17/h3-11,16,18H,2,12-15H2,1H3,(H,25,26,29)/b11-8+. The van der Waals surface area contributed by atoms with Crippen molar-refractivity contribution in [1.82, 2.24) is 9.88 Å². The summed E-state index contributed by atoms with van der Waals surface area (Å²) in [5.74, 6) is 0.637. The zero-order valence-electron chi connectivity index (χ0n) is 17.4. The Morgan fingerprint density at radius 1 is 1.19 bits per heavy atom. The lowest BCUT2D eigenvalue weighted by molar-refractivity contribution is -0.130. The molecule has 160 valence electrons. The fourth-order valence-corrected chi connectivity index (χ4v) is 4.52. The summed E-state index contributed by atoms with van der Waals surface area (Å²) in [5.41, 5.74) is 1.84. The average Bonchev–Trinajstić information content (AvgIpc) is 3.20. The van der Waals surface area contributed by atoms with Crippen LogP contribution in [0.5, 0.6) is 5.75 Å². The van der Waals surface area contributed by atoms with Gasteiger partial charge in [0.15, 0.2) is 5.13 Å². The molecule has 1 N–H and O–H groups in total. The van der Waals surface area contributed by atoms with Crippen molar-refractivity contribution in [2.24, 2.45) is 5.92 Å². The van der Waals surface area contributed by atoms with Crippen molar-refractivity contribution in [3.8, 4) is 5.75 Å². The van der Waals surface area contributed by atoms with Crippen molar-refractivity contribution in [3.63, 3.8) is 0 Å². The van der Waals surface area contributed by atoms with Gasteiger partial charge in [-0.15, -0.1) is 0 Å². The summed E-state index contributed by atoms with van der Waals surface area (Å²) in [4.78, 5) is 31.5. The Hall–Kier alpha value is -3.19. The number of nitrogens with zero attached hydrogens (tertiary/aromatic N) is 2. The molecular formula is C24H25N3O3S. The van der Waals surface area contributed by atoms with Crippen LogP contribution in [0.1, 0.15) is 25.3 Å². The van der Waals surface area contributed by atoms with Crippen LogP contribution in [0, 0.1) is 5.92 Å². The molecule has 1 aromatic heterocycles. The van der Waals surface area contributed by atoms with Crippen molar-refractivity contribution in [2.45, 2.75) is 19.8 Å². The highest BCUT2D eigenvalue weighted by molar-refractivity contribution is 7.22. The number of amides is 2. The van der Waals surface area contributed by atoms with Crippen molar-refractivity contribution >= 4 is 44.6 Å². The van der Waals surface area contributed by atoms with Crippen LogP contribution in [0.15, 0.2) is 54.6 Å². The summed E-state index contributed by atoms with van der Waals surface area (Å²) in [6, 6.07) is 15.5. The zero-order chi connectivity index (χ0) is 21.6. The summed E-state index contributed by atoms with van der Waals surface area (Å²) in [5, 5.41) is 3.55. The number of carbonyl (C=O) groups is 2. The van der Waals surface area contributed by atoms with Gasteiger partial charge in [0.2, 0.25) is 11.8 Å². The lowest BCUT2D eigenvalue weighted by Crippen LogP contribution is -2.40. The fraction of sp³-hybridized carbons (Fsp3) is 0.292. The Bertz CT molecular complexity index is 1090. The first-order valence-corrected chi connectivity index (χ1v) is 11.3. The molecule has 4 rings (SSSR count). The first kappa shape index (κ1) is 21.1. The predicted molar refractivity (Wildman–Crippen MR) is 124 cm³/mol. The van der Waals surface area contributed by atoms with E-state index in [1.165, 1.54) is 11.3 Å². The number of fused-ring (bicyclic) bond motifs is 1. The SMILES string of the molecule is CCOc1ccc2nc(NC(=O)C3CCN(C(=O)/C=C/c4ccccc4)CC3)sc2c1. The molecule has 1 saturated heterocycles. The molecule has 1 aliphatic heterocycles. The molecule has 0 unspecified atom stereocenters. The number of thiazole rings is 1. The van der Waals surface area contributed by atoms with Gasteiger partial charge in [0.25, 0.3) is 0 Å². The maximum Gasteiger partial charge on any atom is 0.246 e. The predicted octanol–water partition coefficient (Wildman–Crippen LogP) is 4.59. The van der Waals surface area contributed by atoms with E-state index < -0.39 is 0 Å². The van der Waals surface area contributed by atoms with Crippen LogP contribution in [0.25, 0.3) is 16.3 Å². The molecule has 0 aliphatic carbocycles. The largest absolute Gasteiger partial charge is 0.494 e. The van der Waals surface area contributed by atoms with Gasteiger partial charge in [-0.25, -0.2) is 4.98 Å². The van der Waals surface area contributed by atoms with Crippen molar-refractivity contribution in [2.75, 3.05) is 25.0 Å². The number of hydrogen-bond acceptors (Lipinski definition) is 5. The van der Waals surface area contributed by atoms with Gasteiger partial charge in [0, 0.05) is 25.1 Å². The molecule has 31 heavy (non-hydrogen) atoms. The van der Waals surface area contributed by atoms with Crippen molar-refractivity contribution in [3.05, 3.63) is 60.2 Å². The molecule has 7 heteroatoms. The van der Waals surface area contributed by atoms with Crippen LogP contribution < -0.4 is 10.1 Å². The van der Waals surface area contributed by atoms with Gasteiger partial charge in [0.05, 0.1) is 16.8 Å². The fourth-order valence-electron chi connectivity index (χ4n) is 3.62. The van der Waals surface area contributed by atoms with Crippen molar-refractivity contribution < 1.29 is 14.3 Å². The van der Waals surface area contributed by atoms with Gasteiger partial charge in [-0.3, -0.25) is 9.59 Å². The molecule has 2 heterocycles. The molecule has 0 spiro atoms. The van der Waals surface area contributed by atoms with E-state index in [0.717, 1.165) is 21.5 Å². The number of aromatic nitrogens is 1. The van der Waals surface area contributed by atoms with Gasteiger partial charge in [-0.05, 0) is 49.6 Å². The number of ether oxygens (including phenoxy) is 1. The van der Waals surface area contributed by atoms with E-state index in [-0.39, 0.29) is 17.7 Å². The minimum absolute atomic E-state index is 0.0148. The quantitative estimate of drug-likeness (QED) is 0.575. The third kappa shape index (κ3) is 5.30. The monoisotopic (exact) mass is 435 g/mol. The Morgan fingerprint density at radius 2 is 1.97 bits per heavy atom. The highest BCUT2D eigenvalue weighted by Crippen LogP contribution is 2.30. The van der Waals surface area contributed by atoms with Gasteiger partial charge < -0.3 is 15.0 Å². The molecule has 2 amide bonds. The second kappa shape index (κ2) is 9.75. The summed E-state index contributed by atoms with van der Waals surface area (Å²) in [7, 11) is 0. The summed E-state index contributed by atoms with van der Waals surface area (Å²) in [6.07, 6.45) is 4.73. The minimum atomic E-state index is -0.117. The maximum atomic E-state index is 12.7. The first-order chi connectivity index (χ1) is 15.1. The van der Waals surface area contributed by atoms with Crippen LogP contribution in [0.2, 0.25) is 0 Å². The van der Waals surface area contributed by atoms with Crippen LogP contribution in [-0.2, 0) is 9.59 Å². The first-order valence-electron chi connectivity index (χ1n) is 10.5. The van der Waals surface area contributed by atoms with Gasteiger partial charge in [0.1, 0.15) is 5.75 Å². The number of piperidine rings is 1. The van der Waals surface area contributed by atoms with Crippen LogP contribution >= 0.6 is 11.3 Å². The Kier molecular flexibility index (Phi) is 6.62. The minimum Gasteiger partial charge on any atom is -0.494 e. The lowest BCUT2D eigenvalue weighted by Gasteiger charge is -2.30. The van der Waals surface area contributed by atoms with Crippen LogP contribution in [0.3, 0.4) is 0 Å². The zero-order valence-corrected chi connectivity index (χ0v) is 18.2. The Labute approximate surface area is 185 Å². The third-order valence-electron chi connectivity index (χ3n) is 5.30. The summed E-state index contributed by atoms with van der Waals surface area (Å²) >= 11 is 1.44. The number of rotatable bonds is 6. The Balaban J connectivity index is 1.30.